The number of carbonyl (C=O) groups excluding carboxylic acids is 2. The molecule has 1 aromatic heterocycles. The summed E-state index contributed by atoms with van der Waals surface area (Å²) >= 11 is 4.66. The van der Waals surface area contributed by atoms with Crippen LogP contribution in [0.1, 0.15) is 37.9 Å². The van der Waals surface area contributed by atoms with Gasteiger partial charge in [0.1, 0.15) is 0 Å². The molecule has 0 radical (unpaired) electrons. The summed E-state index contributed by atoms with van der Waals surface area (Å²) < 4.78 is 18.9. The molecule has 10 heteroatoms. The van der Waals surface area contributed by atoms with E-state index in [-0.39, 0.29) is 29.2 Å². The fourth-order valence-corrected chi connectivity index (χ4v) is 5.22. The molecule has 1 aliphatic heterocycles. The number of hydrogen-bond acceptors (Lipinski definition) is 8. The van der Waals surface area contributed by atoms with Gasteiger partial charge >= 0.3 is 11.9 Å². The fourth-order valence-electron chi connectivity index (χ4n) is 3.91. The molecular weight excluding hydrogens is 548 g/mol. The maximum atomic E-state index is 13.7. The summed E-state index contributed by atoms with van der Waals surface area (Å²) in [5, 5.41) is 0. The minimum atomic E-state index is -0.812. The van der Waals surface area contributed by atoms with Crippen molar-refractivity contribution in [3.63, 3.8) is 0 Å². The molecule has 4 rings (SSSR count). The van der Waals surface area contributed by atoms with Crippen molar-refractivity contribution >= 4 is 45.3 Å². The third-order valence-corrected chi connectivity index (χ3v) is 6.95. The van der Waals surface area contributed by atoms with Gasteiger partial charge < -0.3 is 14.2 Å². The van der Waals surface area contributed by atoms with E-state index in [1.54, 1.807) is 38.1 Å². The van der Waals surface area contributed by atoms with Crippen molar-refractivity contribution in [1.29, 1.82) is 0 Å². The number of thiazole rings is 1. The molecule has 36 heavy (non-hydrogen) atoms. The Morgan fingerprint density at radius 2 is 1.89 bits per heavy atom. The van der Waals surface area contributed by atoms with Crippen molar-refractivity contribution in [2.24, 2.45) is 4.99 Å². The number of carbonyl (C=O) groups is 2. The minimum absolute atomic E-state index is 0.172. The van der Waals surface area contributed by atoms with Crippen LogP contribution in [0.25, 0.3) is 6.08 Å². The number of methoxy groups -OCH3 is 1. The Morgan fingerprint density at radius 3 is 2.53 bits per heavy atom. The Labute approximate surface area is 219 Å². The zero-order valence-corrected chi connectivity index (χ0v) is 22.4. The normalized spacial score (nSPS) is 15.2. The zero-order valence-electron chi connectivity index (χ0n) is 20.0. The number of esters is 2. The number of allylic oxidation sites excluding steroid dienone is 1. The molecule has 0 spiro atoms. The summed E-state index contributed by atoms with van der Waals surface area (Å²) in [6, 6.07) is 11.7. The van der Waals surface area contributed by atoms with Crippen LogP contribution in [0.2, 0.25) is 0 Å². The molecule has 1 atom stereocenters. The molecule has 0 fully saturated rings. The largest absolute Gasteiger partial charge is 0.493 e. The van der Waals surface area contributed by atoms with Crippen LogP contribution < -0.4 is 24.4 Å². The van der Waals surface area contributed by atoms with E-state index in [4.69, 9.17) is 14.2 Å². The lowest BCUT2D eigenvalue weighted by molar-refractivity contribution is -0.139. The van der Waals surface area contributed by atoms with E-state index >= 15 is 0 Å². The second kappa shape index (κ2) is 10.6. The number of rotatable bonds is 6. The maximum Gasteiger partial charge on any atom is 0.338 e. The van der Waals surface area contributed by atoms with Gasteiger partial charge in [-0.1, -0.05) is 45.5 Å². The van der Waals surface area contributed by atoms with E-state index in [1.807, 2.05) is 24.3 Å². The molecule has 2 aromatic carbocycles. The molecule has 1 aliphatic rings. The predicted octanol–water partition coefficient (Wildman–Crippen LogP) is 3.49. The monoisotopic (exact) mass is 570 g/mol. The average Bonchev–Trinajstić information content (AvgIpc) is 3.14. The van der Waals surface area contributed by atoms with Crippen molar-refractivity contribution in [3.05, 3.63) is 89.0 Å². The molecule has 8 nitrogen and oxygen atoms in total. The quantitative estimate of drug-likeness (QED) is 0.332. The number of benzene rings is 2. The smallest absolute Gasteiger partial charge is 0.338 e. The Hall–Kier alpha value is -3.50. The van der Waals surface area contributed by atoms with Gasteiger partial charge in [0, 0.05) is 11.4 Å². The molecule has 186 valence electrons. The standard InChI is InChI=1S/C26H23BrN2O6S/c1-5-34-25(32)22-14(2)28-26-29(24(31)21(36-26)12-16-6-9-18(27)10-7-16)23(22)17-8-11-19(35-15(3)30)20(13-17)33-4/h6-13,23H,5H2,1-4H3/b21-12-. The van der Waals surface area contributed by atoms with Crippen molar-refractivity contribution < 1.29 is 23.8 Å². The van der Waals surface area contributed by atoms with E-state index in [9.17, 15) is 14.4 Å². The number of hydrogen-bond donors (Lipinski definition) is 0. The van der Waals surface area contributed by atoms with E-state index in [0.717, 1.165) is 10.0 Å². The van der Waals surface area contributed by atoms with Gasteiger partial charge in [-0.2, -0.15) is 0 Å². The van der Waals surface area contributed by atoms with E-state index in [2.05, 4.69) is 20.9 Å². The number of ether oxygens (including phenoxy) is 3. The molecule has 1 unspecified atom stereocenters. The molecule has 0 N–H and O–H groups in total. The first-order chi connectivity index (χ1) is 17.2. The summed E-state index contributed by atoms with van der Waals surface area (Å²) in [7, 11) is 1.45. The van der Waals surface area contributed by atoms with Gasteiger partial charge in [-0.05, 0) is 55.3 Å². The lowest BCUT2D eigenvalue weighted by atomic mass is 9.95. The van der Waals surface area contributed by atoms with Crippen molar-refractivity contribution in [2.45, 2.75) is 26.8 Å². The van der Waals surface area contributed by atoms with Gasteiger partial charge in [0.25, 0.3) is 5.56 Å². The highest BCUT2D eigenvalue weighted by Gasteiger charge is 2.34. The number of aromatic nitrogens is 1. The van der Waals surface area contributed by atoms with Crippen LogP contribution in [0.15, 0.2) is 68.0 Å². The third kappa shape index (κ3) is 5.05. The SMILES string of the molecule is CCOC(=O)C1=C(C)N=c2s/c(=C\c3ccc(Br)cc3)c(=O)n2C1c1ccc(OC(C)=O)c(OC)c1. The molecule has 3 aromatic rings. The molecule has 0 aliphatic carbocycles. The Kier molecular flexibility index (Phi) is 7.56. The first-order valence-corrected chi connectivity index (χ1v) is 12.7. The molecule has 0 saturated heterocycles. The van der Waals surface area contributed by atoms with Gasteiger partial charge in [0.2, 0.25) is 0 Å². The summed E-state index contributed by atoms with van der Waals surface area (Å²) in [5.41, 5.74) is 1.86. The highest BCUT2D eigenvalue weighted by molar-refractivity contribution is 9.10. The number of nitrogens with zero attached hydrogens (tertiary/aromatic N) is 2. The Bertz CT molecular complexity index is 1550. The van der Waals surface area contributed by atoms with Gasteiger partial charge in [0.05, 0.1) is 35.6 Å². The second-order valence-electron chi connectivity index (χ2n) is 7.86. The summed E-state index contributed by atoms with van der Waals surface area (Å²) in [6.45, 7) is 4.90. The molecule has 0 bridgehead atoms. The van der Waals surface area contributed by atoms with Gasteiger partial charge in [-0.3, -0.25) is 14.2 Å². The van der Waals surface area contributed by atoms with Gasteiger partial charge in [0.15, 0.2) is 16.3 Å². The molecule has 2 heterocycles. The summed E-state index contributed by atoms with van der Waals surface area (Å²) in [5.74, 6) is -0.536. The topological polar surface area (TPSA) is 96.2 Å². The van der Waals surface area contributed by atoms with E-state index in [0.29, 0.717) is 20.6 Å². The van der Waals surface area contributed by atoms with Gasteiger partial charge in [-0.25, -0.2) is 9.79 Å². The first kappa shape index (κ1) is 25.6. The van der Waals surface area contributed by atoms with Crippen LogP contribution in [0.4, 0.5) is 0 Å². The molecule has 0 saturated carbocycles. The maximum absolute atomic E-state index is 13.7. The lowest BCUT2D eigenvalue weighted by Gasteiger charge is -2.25. The average molecular weight is 571 g/mol. The number of fused-ring (bicyclic) bond motifs is 1. The Morgan fingerprint density at radius 1 is 1.17 bits per heavy atom. The van der Waals surface area contributed by atoms with Crippen molar-refractivity contribution in [2.75, 3.05) is 13.7 Å². The van der Waals surface area contributed by atoms with Gasteiger partial charge in [-0.15, -0.1) is 0 Å². The van der Waals surface area contributed by atoms with E-state index < -0.39 is 18.0 Å². The van der Waals surface area contributed by atoms with Crippen LogP contribution >= 0.6 is 27.3 Å². The van der Waals surface area contributed by atoms with Crippen molar-refractivity contribution in [3.8, 4) is 11.5 Å². The van der Waals surface area contributed by atoms with Crippen LogP contribution in [0, 0.1) is 0 Å². The van der Waals surface area contributed by atoms with E-state index in [1.165, 1.54) is 29.9 Å². The van der Waals surface area contributed by atoms with Crippen LogP contribution in [0.5, 0.6) is 11.5 Å². The van der Waals surface area contributed by atoms with Crippen LogP contribution in [0.3, 0.4) is 0 Å². The summed E-state index contributed by atoms with van der Waals surface area (Å²) in [4.78, 5) is 43.2. The predicted molar refractivity (Wildman–Crippen MR) is 139 cm³/mol. The van der Waals surface area contributed by atoms with Crippen LogP contribution in [-0.4, -0.2) is 30.2 Å². The van der Waals surface area contributed by atoms with Crippen LogP contribution in [-0.2, 0) is 14.3 Å². The molecule has 0 amide bonds. The Balaban J connectivity index is 1.94. The highest BCUT2D eigenvalue weighted by atomic mass is 79.9. The highest BCUT2D eigenvalue weighted by Crippen LogP contribution is 2.36. The minimum Gasteiger partial charge on any atom is -0.493 e. The fraction of sp³-hybridized carbons (Fsp3) is 0.231. The molecular formula is C26H23BrN2O6S. The third-order valence-electron chi connectivity index (χ3n) is 5.44. The second-order valence-corrected chi connectivity index (χ2v) is 9.78. The zero-order chi connectivity index (χ0) is 26.0. The summed E-state index contributed by atoms with van der Waals surface area (Å²) in [6.07, 6.45) is 1.79. The number of halogens is 1. The van der Waals surface area contributed by atoms with Crippen molar-refractivity contribution in [1.82, 2.24) is 4.57 Å². The lowest BCUT2D eigenvalue weighted by Crippen LogP contribution is -2.40. The first-order valence-electron chi connectivity index (χ1n) is 11.0.